The number of carbonyl (C=O) groups is 2. The number of benzene rings is 3. The predicted molar refractivity (Wildman–Crippen MR) is 204 cm³/mol. The summed E-state index contributed by atoms with van der Waals surface area (Å²) >= 11 is 0. The van der Waals surface area contributed by atoms with Crippen molar-refractivity contribution in [2.24, 2.45) is 5.92 Å². The maximum atomic E-state index is 13.5. The van der Waals surface area contributed by atoms with E-state index in [9.17, 15) is 14.7 Å². The highest BCUT2D eigenvalue weighted by molar-refractivity contribution is 5.90. The standard InChI is InChI=1S/C43H55N3O4/c1-4-6-20-38-22-23-39(43(48)49)30-41(38)46(34(3)15-13-21-40(14-5-2)50-33-37-18-11-8-12-19-37)32-42(47)44-27-24-35-25-28-45(29-26-35)31-36-16-9-7-10-17-36/h5,7-19,21-23,30,34-35H,4,6,20,24-29,31-33H2,1-3H3,(H,44,47)(H,48,49)/b14-5-,15-13+,40-21+. The van der Waals surface area contributed by atoms with Crippen LogP contribution in [0.2, 0.25) is 0 Å². The van der Waals surface area contributed by atoms with E-state index in [1.807, 2.05) is 85.5 Å². The largest absolute Gasteiger partial charge is 0.489 e. The number of piperidine rings is 1. The molecule has 1 amide bonds. The minimum Gasteiger partial charge on any atom is -0.489 e. The average Bonchev–Trinajstić information content (AvgIpc) is 3.13. The number of amides is 1. The Bertz CT molecular complexity index is 1560. The first-order chi connectivity index (χ1) is 24.4. The minimum absolute atomic E-state index is 0.0646. The Kier molecular flexibility index (Phi) is 15.9. The molecule has 2 N–H and O–H groups in total. The summed E-state index contributed by atoms with van der Waals surface area (Å²) in [4.78, 5) is 30.1. The normalized spacial score (nSPS) is 15.0. The number of nitrogens with one attached hydrogen (secondary N) is 1. The summed E-state index contributed by atoms with van der Waals surface area (Å²) in [5, 5.41) is 13.0. The number of carbonyl (C=O) groups excluding carboxylic acids is 1. The number of aryl methyl sites for hydroxylation is 1. The summed E-state index contributed by atoms with van der Waals surface area (Å²) < 4.78 is 6.07. The highest BCUT2D eigenvalue weighted by Gasteiger charge is 2.22. The van der Waals surface area contributed by atoms with Gasteiger partial charge in [0.25, 0.3) is 0 Å². The number of nitrogens with zero attached hydrogens (tertiary/aromatic N) is 2. The molecule has 4 rings (SSSR count). The van der Waals surface area contributed by atoms with Gasteiger partial charge in [0.05, 0.1) is 12.1 Å². The molecule has 1 fully saturated rings. The molecule has 1 aliphatic rings. The molecule has 0 bridgehead atoms. The molecule has 3 aromatic rings. The van der Waals surface area contributed by atoms with Crippen LogP contribution in [0.25, 0.3) is 0 Å². The number of hydrogen-bond donors (Lipinski definition) is 2. The molecule has 1 unspecified atom stereocenters. The molecule has 1 atom stereocenters. The van der Waals surface area contributed by atoms with E-state index in [4.69, 9.17) is 4.74 Å². The quantitative estimate of drug-likeness (QED) is 0.0978. The van der Waals surface area contributed by atoms with Crippen molar-refractivity contribution >= 4 is 17.6 Å². The predicted octanol–water partition coefficient (Wildman–Crippen LogP) is 8.57. The number of carboxylic acid groups (broad SMARTS) is 1. The third kappa shape index (κ3) is 12.7. The van der Waals surface area contributed by atoms with E-state index in [0.717, 1.165) is 80.7 Å². The molecule has 7 nitrogen and oxygen atoms in total. The van der Waals surface area contributed by atoms with E-state index in [1.54, 1.807) is 12.1 Å². The van der Waals surface area contributed by atoms with E-state index >= 15 is 0 Å². The van der Waals surface area contributed by atoms with Crippen LogP contribution < -0.4 is 10.2 Å². The van der Waals surface area contributed by atoms with E-state index in [0.29, 0.717) is 19.1 Å². The second-order valence-electron chi connectivity index (χ2n) is 13.2. The lowest BCUT2D eigenvalue weighted by Gasteiger charge is -2.32. The number of hydrogen-bond acceptors (Lipinski definition) is 5. The summed E-state index contributed by atoms with van der Waals surface area (Å²) in [6, 6.07) is 25.8. The number of anilines is 1. The lowest BCUT2D eigenvalue weighted by molar-refractivity contribution is -0.119. The SMILES string of the molecule is C\C=C/C(=C\C=C\C(C)N(CC(=O)NCCC1CCN(Cc2ccccc2)CC1)c1cc(C(=O)O)ccc1CCCC)OCc1ccccc1. The van der Waals surface area contributed by atoms with Gasteiger partial charge in [-0.05, 0) is 106 Å². The summed E-state index contributed by atoms with van der Waals surface area (Å²) in [6.45, 7) is 10.5. The molecule has 0 saturated carbocycles. The van der Waals surface area contributed by atoms with Crippen molar-refractivity contribution in [3.8, 4) is 0 Å². The zero-order chi connectivity index (χ0) is 35.6. The van der Waals surface area contributed by atoms with Gasteiger partial charge in [-0.3, -0.25) is 9.69 Å². The van der Waals surface area contributed by atoms with Crippen molar-refractivity contribution in [2.45, 2.75) is 78.5 Å². The maximum Gasteiger partial charge on any atom is 0.335 e. The van der Waals surface area contributed by atoms with Crippen LogP contribution in [0.5, 0.6) is 0 Å². The van der Waals surface area contributed by atoms with E-state index in [-0.39, 0.29) is 24.1 Å². The molecule has 1 aliphatic heterocycles. The molecule has 1 saturated heterocycles. The lowest BCUT2D eigenvalue weighted by Crippen LogP contribution is -2.42. The second kappa shape index (κ2) is 20.8. The number of unbranched alkanes of at least 4 members (excludes halogenated alkanes) is 1. The van der Waals surface area contributed by atoms with Crippen LogP contribution in [0, 0.1) is 5.92 Å². The molecule has 0 aromatic heterocycles. The van der Waals surface area contributed by atoms with Gasteiger partial charge in [-0.15, -0.1) is 0 Å². The van der Waals surface area contributed by atoms with Gasteiger partial charge in [0, 0.05) is 24.8 Å². The Morgan fingerprint density at radius 2 is 1.72 bits per heavy atom. The number of likely N-dealkylation sites (tertiary alicyclic amines) is 1. The van der Waals surface area contributed by atoms with Crippen LogP contribution in [0.3, 0.4) is 0 Å². The van der Waals surface area contributed by atoms with Gasteiger partial charge >= 0.3 is 5.97 Å². The second-order valence-corrected chi connectivity index (χ2v) is 13.2. The molecular formula is C43H55N3O4. The zero-order valence-corrected chi connectivity index (χ0v) is 30.1. The summed E-state index contributed by atoms with van der Waals surface area (Å²) in [6.07, 6.45) is 15.8. The number of carboxylic acids is 1. The molecular weight excluding hydrogens is 622 g/mol. The first-order valence-corrected chi connectivity index (χ1v) is 18.2. The summed E-state index contributed by atoms with van der Waals surface area (Å²) in [5.41, 5.74) is 4.48. The topological polar surface area (TPSA) is 82.1 Å². The fraction of sp³-hybridized carbons (Fsp3) is 0.395. The smallest absolute Gasteiger partial charge is 0.335 e. The molecule has 3 aromatic carbocycles. The third-order valence-corrected chi connectivity index (χ3v) is 9.31. The van der Waals surface area contributed by atoms with Crippen molar-refractivity contribution in [3.63, 3.8) is 0 Å². The maximum absolute atomic E-state index is 13.5. The fourth-order valence-electron chi connectivity index (χ4n) is 6.36. The van der Waals surface area contributed by atoms with Crippen molar-refractivity contribution in [2.75, 3.05) is 31.1 Å². The highest BCUT2D eigenvalue weighted by Crippen LogP contribution is 2.27. The highest BCUT2D eigenvalue weighted by atomic mass is 16.5. The Morgan fingerprint density at radius 1 is 1.02 bits per heavy atom. The number of rotatable bonds is 19. The van der Waals surface area contributed by atoms with Gasteiger partial charge in [-0.25, -0.2) is 4.79 Å². The Labute approximate surface area is 299 Å². The molecule has 50 heavy (non-hydrogen) atoms. The van der Waals surface area contributed by atoms with Crippen LogP contribution in [0.1, 0.15) is 79.9 Å². The third-order valence-electron chi connectivity index (χ3n) is 9.31. The van der Waals surface area contributed by atoms with E-state index in [1.165, 1.54) is 5.56 Å². The van der Waals surface area contributed by atoms with Crippen molar-refractivity contribution in [3.05, 3.63) is 137 Å². The zero-order valence-electron chi connectivity index (χ0n) is 30.1. The summed E-state index contributed by atoms with van der Waals surface area (Å²) in [5.74, 6) is 0.275. The number of allylic oxidation sites excluding steroid dienone is 4. The minimum atomic E-state index is -0.981. The van der Waals surface area contributed by atoms with Crippen molar-refractivity contribution in [1.29, 1.82) is 0 Å². The van der Waals surface area contributed by atoms with Gasteiger partial charge in [0.2, 0.25) is 5.91 Å². The van der Waals surface area contributed by atoms with Crippen LogP contribution >= 0.6 is 0 Å². The Balaban J connectivity index is 1.42. The number of aromatic carboxylic acids is 1. The van der Waals surface area contributed by atoms with Gasteiger partial charge < -0.3 is 20.1 Å². The van der Waals surface area contributed by atoms with Crippen LogP contribution in [0.4, 0.5) is 5.69 Å². The Morgan fingerprint density at radius 3 is 2.38 bits per heavy atom. The molecule has 0 aliphatic carbocycles. The summed E-state index contributed by atoms with van der Waals surface area (Å²) in [7, 11) is 0. The van der Waals surface area contributed by atoms with Crippen LogP contribution in [-0.2, 0) is 29.1 Å². The molecule has 1 heterocycles. The molecule has 266 valence electrons. The van der Waals surface area contributed by atoms with Crippen LogP contribution in [-0.4, -0.2) is 54.1 Å². The van der Waals surface area contributed by atoms with Gasteiger partial charge in [-0.2, -0.15) is 0 Å². The first-order valence-electron chi connectivity index (χ1n) is 18.2. The van der Waals surface area contributed by atoms with Crippen molar-refractivity contribution in [1.82, 2.24) is 10.2 Å². The van der Waals surface area contributed by atoms with Gasteiger partial charge in [-0.1, -0.05) is 98.3 Å². The van der Waals surface area contributed by atoms with Gasteiger partial charge in [0.15, 0.2) is 0 Å². The van der Waals surface area contributed by atoms with Crippen molar-refractivity contribution < 1.29 is 19.4 Å². The lowest BCUT2D eigenvalue weighted by atomic mass is 9.93. The molecule has 0 spiro atoms. The van der Waals surface area contributed by atoms with Gasteiger partial charge in [0.1, 0.15) is 12.4 Å². The van der Waals surface area contributed by atoms with E-state index < -0.39 is 5.97 Å². The molecule has 0 radical (unpaired) electrons. The fourth-order valence-corrected chi connectivity index (χ4v) is 6.36. The Hall–Kier alpha value is -4.62. The van der Waals surface area contributed by atoms with Crippen LogP contribution in [0.15, 0.2) is 115 Å². The van der Waals surface area contributed by atoms with E-state index in [2.05, 4.69) is 47.5 Å². The monoisotopic (exact) mass is 677 g/mol. The first kappa shape index (κ1) is 38.2. The number of ether oxygens (including phenoxy) is 1. The average molecular weight is 678 g/mol. The molecule has 7 heteroatoms.